The number of amides is 1. The van der Waals surface area contributed by atoms with Crippen molar-refractivity contribution in [1.82, 2.24) is 5.32 Å². The van der Waals surface area contributed by atoms with E-state index >= 15 is 0 Å². The Balaban J connectivity index is 2.59. The normalized spacial score (nSPS) is 10.8. The number of nitrogens with one attached hydrogen (secondary N) is 1. The predicted molar refractivity (Wildman–Crippen MR) is 69.7 cm³/mol. The lowest BCUT2D eigenvalue weighted by molar-refractivity contribution is 0.0523. The van der Waals surface area contributed by atoms with Crippen molar-refractivity contribution in [2.75, 3.05) is 0 Å². The number of benzene rings is 1. The van der Waals surface area contributed by atoms with E-state index in [4.69, 9.17) is 4.74 Å². The zero-order chi connectivity index (χ0) is 14.5. The molecule has 0 bridgehead atoms. The molecule has 0 aliphatic heterocycles. The highest BCUT2D eigenvalue weighted by molar-refractivity contribution is 5.67. The van der Waals surface area contributed by atoms with E-state index in [1.165, 1.54) is 0 Å². The number of carbonyl (C=O) groups excluding carboxylic acids is 1. The average Bonchev–Trinajstić information content (AvgIpc) is 2.23. The largest absolute Gasteiger partial charge is 0.444 e. The molecule has 0 fully saturated rings. The van der Waals surface area contributed by atoms with Crippen molar-refractivity contribution in [3.05, 3.63) is 41.5 Å². The van der Waals surface area contributed by atoms with Crippen LogP contribution < -0.4 is 5.32 Å². The molecule has 0 saturated carbocycles. The van der Waals surface area contributed by atoms with E-state index < -0.39 is 17.8 Å². The molecule has 104 valence electrons. The van der Waals surface area contributed by atoms with Gasteiger partial charge >= 0.3 is 6.09 Å². The van der Waals surface area contributed by atoms with Gasteiger partial charge in [0.1, 0.15) is 5.60 Å². The van der Waals surface area contributed by atoms with Crippen molar-refractivity contribution in [2.24, 2.45) is 0 Å². The Morgan fingerprint density at radius 2 is 2.05 bits per heavy atom. The quantitative estimate of drug-likeness (QED) is 0.902. The smallest absolute Gasteiger partial charge is 0.407 e. The van der Waals surface area contributed by atoms with Crippen LogP contribution >= 0.6 is 0 Å². The second-order valence-corrected chi connectivity index (χ2v) is 5.03. The average molecular weight is 269 g/mol. The van der Waals surface area contributed by atoms with Crippen LogP contribution in [0.4, 0.5) is 13.6 Å². The van der Waals surface area contributed by atoms with Crippen LogP contribution in [0.5, 0.6) is 0 Å². The molecular weight excluding hydrogens is 252 g/mol. The first-order valence-corrected chi connectivity index (χ1v) is 5.85. The molecule has 0 aromatic heterocycles. The molecule has 0 radical (unpaired) electrons. The summed E-state index contributed by atoms with van der Waals surface area (Å²) in [5, 5.41) is 2.57. The second-order valence-electron chi connectivity index (χ2n) is 5.03. The number of halogens is 2. The van der Waals surface area contributed by atoms with Gasteiger partial charge in [0.15, 0.2) is 0 Å². The van der Waals surface area contributed by atoms with Gasteiger partial charge in [0.2, 0.25) is 0 Å². The first-order valence-electron chi connectivity index (χ1n) is 5.85. The maximum Gasteiger partial charge on any atom is 0.407 e. The second kappa shape index (κ2) is 6.31. The number of carbonyl (C=O) groups is 1. The van der Waals surface area contributed by atoms with Crippen molar-refractivity contribution in [1.29, 1.82) is 0 Å². The van der Waals surface area contributed by atoms with E-state index in [1.54, 1.807) is 45.0 Å². The molecular formula is C14H17F2NO2. The van der Waals surface area contributed by atoms with Gasteiger partial charge in [-0.05, 0) is 38.0 Å². The summed E-state index contributed by atoms with van der Waals surface area (Å²) < 4.78 is 29.3. The highest BCUT2D eigenvalue weighted by Gasteiger charge is 2.15. The molecule has 3 nitrogen and oxygen atoms in total. The van der Waals surface area contributed by atoms with Crippen molar-refractivity contribution in [2.45, 2.75) is 32.9 Å². The minimum atomic E-state index is -1.75. The van der Waals surface area contributed by atoms with Gasteiger partial charge in [-0.3, -0.25) is 0 Å². The standard InChI is InChI=1S/C14H17F2NO2/c1-14(2,3)19-13(18)17-9-11-6-4-5-10(7-11)8-12(15)16/h4-8H,9H2,1-3H3,(H,17,18). The maximum absolute atomic E-state index is 12.1. The summed E-state index contributed by atoms with van der Waals surface area (Å²) in [5.74, 6) is 0. The summed E-state index contributed by atoms with van der Waals surface area (Å²) >= 11 is 0. The number of hydrogen-bond acceptors (Lipinski definition) is 2. The Labute approximate surface area is 111 Å². The molecule has 0 unspecified atom stereocenters. The first kappa shape index (κ1) is 15.1. The Morgan fingerprint density at radius 1 is 1.37 bits per heavy atom. The van der Waals surface area contributed by atoms with E-state index in [0.717, 1.165) is 11.6 Å². The number of alkyl carbamates (subject to hydrolysis) is 1. The summed E-state index contributed by atoms with van der Waals surface area (Å²) in [6, 6.07) is 6.54. The van der Waals surface area contributed by atoms with Crippen LogP contribution in [0.15, 0.2) is 30.3 Å². The molecule has 1 aromatic rings. The molecule has 1 N–H and O–H groups in total. The van der Waals surface area contributed by atoms with Gasteiger partial charge in [-0.25, -0.2) is 4.79 Å². The Bertz CT molecular complexity index is 475. The monoisotopic (exact) mass is 269 g/mol. The molecule has 0 aliphatic carbocycles. The van der Waals surface area contributed by atoms with Gasteiger partial charge in [-0.15, -0.1) is 0 Å². The molecule has 0 saturated heterocycles. The third-order valence-corrected chi connectivity index (χ3v) is 2.06. The van der Waals surface area contributed by atoms with Crippen LogP contribution in [0, 0.1) is 0 Å². The fraction of sp³-hybridized carbons (Fsp3) is 0.357. The Morgan fingerprint density at radius 3 is 2.63 bits per heavy atom. The SMILES string of the molecule is CC(C)(C)OC(=O)NCc1cccc(C=C(F)F)c1. The van der Waals surface area contributed by atoms with Gasteiger partial charge in [0, 0.05) is 12.6 Å². The van der Waals surface area contributed by atoms with Crippen LogP contribution in [-0.4, -0.2) is 11.7 Å². The first-order chi connectivity index (χ1) is 8.76. The lowest BCUT2D eigenvalue weighted by atomic mass is 10.1. The van der Waals surface area contributed by atoms with Crippen LogP contribution in [0.1, 0.15) is 31.9 Å². The Hall–Kier alpha value is -1.91. The van der Waals surface area contributed by atoms with E-state index in [1.807, 2.05) is 0 Å². The third-order valence-electron chi connectivity index (χ3n) is 2.06. The molecule has 0 heterocycles. The van der Waals surface area contributed by atoms with Gasteiger partial charge < -0.3 is 10.1 Å². The summed E-state index contributed by atoms with van der Waals surface area (Å²) in [5.41, 5.74) is 0.552. The number of hydrogen-bond donors (Lipinski definition) is 1. The van der Waals surface area contributed by atoms with E-state index in [0.29, 0.717) is 5.56 Å². The van der Waals surface area contributed by atoms with Gasteiger partial charge in [0.25, 0.3) is 6.08 Å². The van der Waals surface area contributed by atoms with Crippen LogP contribution in [0.3, 0.4) is 0 Å². The molecule has 1 aromatic carbocycles. The fourth-order valence-corrected chi connectivity index (χ4v) is 1.41. The minimum absolute atomic E-state index is 0.227. The van der Waals surface area contributed by atoms with Crippen LogP contribution in [0.25, 0.3) is 6.08 Å². The van der Waals surface area contributed by atoms with Gasteiger partial charge in [-0.1, -0.05) is 18.2 Å². The molecule has 1 amide bonds. The van der Waals surface area contributed by atoms with Crippen LogP contribution in [-0.2, 0) is 11.3 Å². The predicted octanol–water partition coefficient (Wildman–Crippen LogP) is 3.95. The third kappa shape index (κ3) is 6.55. The van der Waals surface area contributed by atoms with E-state index in [2.05, 4.69) is 5.32 Å². The fourth-order valence-electron chi connectivity index (χ4n) is 1.41. The molecule has 1 rings (SSSR count). The van der Waals surface area contributed by atoms with Gasteiger partial charge in [-0.2, -0.15) is 8.78 Å². The summed E-state index contributed by atoms with van der Waals surface area (Å²) in [4.78, 5) is 11.4. The highest BCUT2D eigenvalue weighted by atomic mass is 19.3. The lowest BCUT2D eigenvalue weighted by Gasteiger charge is -2.19. The van der Waals surface area contributed by atoms with Crippen molar-refractivity contribution in [3.8, 4) is 0 Å². The minimum Gasteiger partial charge on any atom is -0.444 e. The van der Waals surface area contributed by atoms with Crippen molar-refractivity contribution in [3.63, 3.8) is 0 Å². The van der Waals surface area contributed by atoms with Gasteiger partial charge in [0.05, 0.1) is 0 Å². The molecule has 5 heteroatoms. The van der Waals surface area contributed by atoms with E-state index in [9.17, 15) is 13.6 Å². The van der Waals surface area contributed by atoms with Crippen molar-refractivity contribution < 1.29 is 18.3 Å². The summed E-state index contributed by atoms with van der Waals surface area (Å²) in [6.07, 6.45) is -1.51. The molecule has 19 heavy (non-hydrogen) atoms. The van der Waals surface area contributed by atoms with Crippen molar-refractivity contribution >= 4 is 12.2 Å². The number of ether oxygens (including phenoxy) is 1. The summed E-state index contributed by atoms with van der Waals surface area (Å²) in [6.45, 7) is 5.52. The zero-order valence-corrected chi connectivity index (χ0v) is 11.2. The molecule has 0 aliphatic rings. The Kier molecular flexibility index (Phi) is 5.03. The summed E-state index contributed by atoms with van der Waals surface area (Å²) in [7, 11) is 0. The molecule has 0 spiro atoms. The maximum atomic E-state index is 12.1. The van der Waals surface area contributed by atoms with Crippen LogP contribution in [0.2, 0.25) is 0 Å². The molecule has 0 atom stereocenters. The zero-order valence-electron chi connectivity index (χ0n) is 11.2. The van der Waals surface area contributed by atoms with E-state index in [-0.39, 0.29) is 6.54 Å². The lowest BCUT2D eigenvalue weighted by Crippen LogP contribution is -2.32. The highest BCUT2D eigenvalue weighted by Crippen LogP contribution is 2.12. The number of rotatable bonds is 3. The topological polar surface area (TPSA) is 38.3 Å².